The second-order valence-corrected chi connectivity index (χ2v) is 33.8. The zero-order valence-electron chi connectivity index (χ0n) is 67.3. The number of esters is 2. The second-order valence-electron chi connectivity index (χ2n) is 32.3. The maximum atomic E-state index is 12.9. The summed E-state index contributed by atoms with van der Waals surface area (Å²) >= 11 is 0. The Hall–Kier alpha value is -0.990. The Morgan fingerprint density at radius 1 is 0.276 bits per heavy atom. The highest BCUT2D eigenvalue weighted by atomic mass is 31.2. The lowest BCUT2D eigenvalue weighted by Crippen LogP contribution is -2.37. The van der Waals surface area contributed by atoms with Crippen molar-refractivity contribution < 1.29 is 42.1 Å². The molecule has 0 aliphatic rings. The first-order chi connectivity index (χ1) is 48.0. The van der Waals surface area contributed by atoms with E-state index in [0.29, 0.717) is 17.4 Å². The number of quaternary nitrogens is 1. The third-order valence-electron chi connectivity index (χ3n) is 21.1. The molecule has 0 aromatic rings. The van der Waals surface area contributed by atoms with E-state index in [9.17, 15) is 19.0 Å². The normalized spacial score (nSPS) is 12.8. The standard InChI is InChI=1S/C88H176NO8P/c1-6-8-10-12-14-16-18-20-22-24-26-28-30-32-34-36-38-40-42-43-44-45-46-47-49-51-53-55-57-59-61-63-65-67-69-71-73-75-77-79-81-88(91)97-86(85-96-98(92,93)95-83-82-89(3,4)5)84-94-87(90)80-78-76-74-72-70-68-66-64-62-60-58-56-54-52-50-48-41-39-37-35-33-31-29-27-25-23-21-19-17-15-13-11-9-7-2/h86H,6-85H2,1-5H3. The fourth-order valence-corrected chi connectivity index (χ4v) is 15.0. The molecule has 0 bridgehead atoms. The van der Waals surface area contributed by atoms with Gasteiger partial charge in [-0.3, -0.25) is 14.2 Å². The summed E-state index contributed by atoms with van der Waals surface area (Å²) in [6.07, 6.45) is 101. The van der Waals surface area contributed by atoms with E-state index in [4.69, 9.17) is 18.5 Å². The summed E-state index contributed by atoms with van der Waals surface area (Å²) in [4.78, 5) is 38.2. The van der Waals surface area contributed by atoms with E-state index in [1.165, 1.54) is 437 Å². The number of carbonyl (C=O) groups is 2. The number of rotatable bonds is 86. The molecule has 10 heteroatoms. The Labute approximate surface area is 614 Å². The smallest absolute Gasteiger partial charge is 0.306 e. The number of unbranched alkanes of at least 4 members (excludes halogenated alkanes) is 72. The van der Waals surface area contributed by atoms with Crippen LogP contribution in [0.15, 0.2) is 0 Å². The number of carbonyl (C=O) groups excluding carboxylic acids is 2. The molecule has 0 amide bonds. The molecule has 9 nitrogen and oxygen atoms in total. The van der Waals surface area contributed by atoms with Gasteiger partial charge in [0.25, 0.3) is 7.82 Å². The molecule has 0 aromatic heterocycles. The molecule has 0 spiro atoms. The number of ether oxygens (including phenoxy) is 2. The number of hydrogen-bond acceptors (Lipinski definition) is 8. The molecule has 0 heterocycles. The van der Waals surface area contributed by atoms with E-state index >= 15 is 0 Å². The molecule has 0 saturated heterocycles. The first kappa shape index (κ1) is 97.0. The molecular formula is C88H176NO8P. The van der Waals surface area contributed by atoms with Crippen LogP contribution in [0.2, 0.25) is 0 Å². The SMILES string of the molecule is CCCCCCCCCCCCCCCCCCCCCCCCCCCCCCCCCCCCCCCCCCC(=O)OC(COC(=O)CCCCCCCCCCCCCCCCCCCCCCCCCCCCCCCCCCCC)COP(=O)([O-])OCC[N+](C)(C)C. The Bertz CT molecular complexity index is 1610. The van der Waals surface area contributed by atoms with E-state index in [1.54, 1.807) is 0 Å². The van der Waals surface area contributed by atoms with Gasteiger partial charge in [0.2, 0.25) is 0 Å². The molecular weight excluding hydrogens is 1230 g/mol. The van der Waals surface area contributed by atoms with Crippen molar-refractivity contribution in [2.24, 2.45) is 0 Å². The summed E-state index contributed by atoms with van der Waals surface area (Å²) in [5, 5.41) is 0. The maximum Gasteiger partial charge on any atom is 0.306 e. The summed E-state index contributed by atoms with van der Waals surface area (Å²) in [5.74, 6) is -0.798. The largest absolute Gasteiger partial charge is 0.756 e. The van der Waals surface area contributed by atoms with Gasteiger partial charge >= 0.3 is 11.9 Å². The van der Waals surface area contributed by atoms with Crippen molar-refractivity contribution in [2.45, 2.75) is 508 Å². The second kappa shape index (κ2) is 80.1. The lowest BCUT2D eigenvalue weighted by atomic mass is 10.0. The molecule has 0 N–H and O–H groups in total. The molecule has 2 atom stereocenters. The zero-order valence-corrected chi connectivity index (χ0v) is 68.2. The predicted molar refractivity (Wildman–Crippen MR) is 425 cm³/mol. The minimum Gasteiger partial charge on any atom is -0.756 e. The van der Waals surface area contributed by atoms with Crippen LogP contribution in [0.25, 0.3) is 0 Å². The Morgan fingerprint density at radius 3 is 0.653 bits per heavy atom. The van der Waals surface area contributed by atoms with Crippen LogP contribution in [0.1, 0.15) is 502 Å². The highest BCUT2D eigenvalue weighted by Crippen LogP contribution is 2.38. The molecule has 0 radical (unpaired) electrons. The number of nitrogens with zero attached hydrogens (tertiary/aromatic N) is 1. The zero-order chi connectivity index (χ0) is 71.1. The Balaban J connectivity index is 3.82. The molecule has 0 aliphatic carbocycles. The van der Waals surface area contributed by atoms with E-state index in [-0.39, 0.29) is 32.0 Å². The topological polar surface area (TPSA) is 111 Å². The van der Waals surface area contributed by atoms with Gasteiger partial charge in [0, 0.05) is 12.8 Å². The summed E-state index contributed by atoms with van der Waals surface area (Å²) in [5.41, 5.74) is 0. The fourth-order valence-electron chi connectivity index (χ4n) is 14.3. The quantitative estimate of drug-likeness (QED) is 0.0256. The molecule has 2 unspecified atom stereocenters. The van der Waals surface area contributed by atoms with Gasteiger partial charge in [0.15, 0.2) is 6.10 Å². The van der Waals surface area contributed by atoms with E-state index in [2.05, 4.69) is 13.8 Å². The van der Waals surface area contributed by atoms with Crippen molar-refractivity contribution in [1.82, 2.24) is 0 Å². The number of likely N-dealkylation sites (N-methyl/N-ethyl adjacent to an activating group) is 1. The fraction of sp³-hybridized carbons (Fsp3) is 0.977. The van der Waals surface area contributed by atoms with Crippen LogP contribution in [0.5, 0.6) is 0 Å². The third kappa shape index (κ3) is 84.0. The average molecular weight is 1410 g/mol. The minimum atomic E-state index is -4.64. The predicted octanol–water partition coefficient (Wildman–Crippen LogP) is 29.3. The van der Waals surface area contributed by atoms with Crippen LogP contribution in [0, 0.1) is 0 Å². The summed E-state index contributed by atoms with van der Waals surface area (Å²) in [6, 6.07) is 0. The third-order valence-corrected chi connectivity index (χ3v) is 22.1. The molecule has 0 aliphatic heterocycles. The van der Waals surface area contributed by atoms with Gasteiger partial charge in [-0.15, -0.1) is 0 Å². The molecule has 98 heavy (non-hydrogen) atoms. The minimum absolute atomic E-state index is 0.0245. The van der Waals surface area contributed by atoms with Gasteiger partial charge < -0.3 is 27.9 Å². The maximum absolute atomic E-state index is 12.9. The molecule has 586 valence electrons. The van der Waals surface area contributed by atoms with Crippen molar-refractivity contribution in [1.29, 1.82) is 0 Å². The van der Waals surface area contributed by atoms with E-state index in [1.807, 2.05) is 21.1 Å². The monoisotopic (exact) mass is 1410 g/mol. The van der Waals surface area contributed by atoms with E-state index in [0.717, 1.165) is 32.1 Å². The number of hydrogen-bond donors (Lipinski definition) is 0. The Kier molecular flexibility index (Phi) is 79.3. The number of phosphoric ester groups is 1. The van der Waals surface area contributed by atoms with Gasteiger partial charge in [0.05, 0.1) is 27.7 Å². The first-order valence-electron chi connectivity index (χ1n) is 44.7. The van der Waals surface area contributed by atoms with Crippen LogP contribution in [-0.4, -0.2) is 70.0 Å². The van der Waals surface area contributed by atoms with Crippen molar-refractivity contribution in [3.8, 4) is 0 Å². The molecule has 0 rings (SSSR count). The summed E-state index contributed by atoms with van der Waals surface area (Å²) in [6.45, 7) is 4.36. The lowest BCUT2D eigenvalue weighted by molar-refractivity contribution is -0.870. The summed E-state index contributed by atoms with van der Waals surface area (Å²) < 4.78 is 34.5. The van der Waals surface area contributed by atoms with Gasteiger partial charge in [-0.1, -0.05) is 476 Å². The Morgan fingerprint density at radius 2 is 0.459 bits per heavy atom. The van der Waals surface area contributed by atoms with Crippen molar-refractivity contribution >= 4 is 19.8 Å². The summed E-state index contributed by atoms with van der Waals surface area (Å²) in [7, 11) is 1.20. The van der Waals surface area contributed by atoms with Crippen LogP contribution in [0.4, 0.5) is 0 Å². The van der Waals surface area contributed by atoms with Crippen molar-refractivity contribution in [2.75, 3.05) is 47.5 Å². The average Bonchev–Trinajstić information content (AvgIpc) is 1.23. The van der Waals surface area contributed by atoms with Crippen LogP contribution in [-0.2, 0) is 32.7 Å². The highest BCUT2D eigenvalue weighted by Gasteiger charge is 2.22. The van der Waals surface area contributed by atoms with Crippen molar-refractivity contribution in [3.05, 3.63) is 0 Å². The lowest BCUT2D eigenvalue weighted by Gasteiger charge is -2.28. The van der Waals surface area contributed by atoms with Gasteiger partial charge in [-0.05, 0) is 12.8 Å². The number of phosphoric acid groups is 1. The molecule has 0 aromatic carbocycles. The molecule has 0 fully saturated rings. The van der Waals surface area contributed by atoms with Gasteiger partial charge in [0.1, 0.15) is 19.8 Å². The van der Waals surface area contributed by atoms with Gasteiger partial charge in [-0.2, -0.15) is 0 Å². The van der Waals surface area contributed by atoms with E-state index < -0.39 is 26.5 Å². The first-order valence-corrected chi connectivity index (χ1v) is 46.2. The van der Waals surface area contributed by atoms with Crippen LogP contribution < -0.4 is 4.89 Å². The van der Waals surface area contributed by atoms with Crippen molar-refractivity contribution in [3.63, 3.8) is 0 Å². The van der Waals surface area contributed by atoms with Crippen LogP contribution in [0.3, 0.4) is 0 Å². The van der Waals surface area contributed by atoms with Crippen LogP contribution >= 0.6 is 7.82 Å². The molecule has 0 saturated carbocycles. The highest BCUT2D eigenvalue weighted by molar-refractivity contribution is 7.45. The van der Waals surface area contributed by atoms with Gasteiger partial charge in [-0.25, -0.2) is 0 Å².